The third-order valence-corrected chi connectivity index (χ3v) is 2.43. The molecule has 100 valence electrons. The number of nitrogens with one attached hydrogen (secondary N) is 3. The second kappa shape index (κ2) is 6.78. The van der Waals surface area contributed by atoms with Gasteiger partial charge in [0, 0.05) is 13.1 Å². The van der Waals surface area contributed by atoms with Crippen LogP contribution in [0.2, 0.25) is 0 Å². The molecule has 1 aromatic heterocycles. The Bertz CT molecular complexity index is 412. The van der Waals surface area contributed by atoms with E-state index in [1.54, 1.807) is 0 Å². The van der Waals surface area contributed by atoms with Gasteiger partial charge in [0.25, 0.3) is 11.8 Å². The number of carbonyl (C=O) groups excluding carboxylic acids is 2. The van der Waals surface area contributed by atoms with E-state index in [9.17, 15) is 9.59 Å². The first-order valence-corrected chi connectivity index (χ1v) is 6.16. The van der Waals surface area contributed by atoms with Gasteiger partial charge in [-0.25, -0.2) is 4.98 Å². The highest BCUT2D eigenvalue weighted by Gasteiger charge is 2.19. The normalized spacial score (nSPS) is 10.4. The standard InChI is InChI=1S/C12H20N4O2/c1-4-13-11(17)9-10(16-7-15-9)12(18)14-6-5-8(2)3/h7-8H,4-6H2,1-3H3,(H,13,17)(H,14,18)(H,15,16). The lowest BCUT2D eigenvalue weighted by Crippen LogP contribution is -2.30. The minimum atomic E-state index is -0.340. The van der Waals surface area contributed by atoms with Gasteiger partial charge in [-0.3, -0.25) is 9.59 Å². The van der Waals surface area contributed by atoms with Gasteiger partial charge >= 0.3 is 0 Å². The van der Waals surface area contributed by atoms with Crippen LogP contribution in [0.5, 0.6) is 0 Å². The summed E-state index contributed by atoms with van der Waals surface area (Å²) in [4.78, 5) is 30.1. The SMILES string of the molecule is CCNC(=O)c1nc[nH]c1C(=O)NCCC(C)C. The Labute approximate surface area is 107 Å². The molecule has 0 saturated carbocycles. The molecule has 6 heteroatoms. The van der Waals surface area contributed by atoms with Crippen molar-refractivity contribution in [2.24, 2.45) is 5.92 Å². The number of hydrogen-bond donors (Lipinski definition) is 3. The van der Waals surface area contributed by atoms with E-state index in [4.69, 9.17) is 0 Å². The van der Waals surface area contributed by atoms with Crippen molar-refractivity contribution in [1.29, 1.82) is 0 Å². The molecule has 0 bridgehead atoms. The highest BCUT2D eigenvalue weighted by molar-refractivity contribution is 6.04. The molecule has 0 spiro atoms. The second-order valence-corrected chi connectivity index (χ2v) is 4.42. The van der Waals surface area contributed by atoms with Gasteiger partial charge in [0.2, 0.25) is 0 Å². The number of imidazole rings is 1. The number of amides is 2. The molecule has 0 aliphatic heterocycles. The van der Waals surface area contributed by atoms with Crippen LogP contribution in [-0.2, 0) is 0 Å². The highest BCUT2D eigenvalue weighted by atomic mass is 16.2. The maximum Gasteiger partial charge on any atom is 0.272 e. The number of hydrogen-bond acceptors (Lipinski definition) is 3. The first-order chi connectivity index (χ1) is 8.56. The quantitative estimate of drug-likeness (QED) is 0.704. The molecule has 3 N–H and O–H groups in total. The van der Waals surface area contributed by atoms with Gasteiger partial charge in [0.15, 0.2) is 5.69 Å². The Kier molecular flexibility index (Phi) is 5.35. The Balaban J connectivity index is 2.63. The lowest BCUT2D eigenvalue weighted by Gasteiger charge is -2.07. The van der Waals surface area contributed by atoms with Gasteiger partial charge in [-0.1, -0.05) is 13.8 Å². The van der Waals surface area contributed by atoms with E-state index < -0.39 is 0 Å². The fraction of sp³-hybridized carbons (Fsp3) is 0.583. The van der Waals surface area contributed by atoms with Gasteiger partial charge in [-0.15, -0.1) is 0 Å². The molecular formula is C12H20N4O2. The summed E-state index contributed by atoms with van der Waals surface area (Å²) >= 11 is 0. The molecular weight excluding hydrogens is 232 g/mol. The molecule has 0 aromatic carbocycles. The summed E-state index contributed by atoms with van der Waals surface area (Å²) in [6.45, 7) is 7.07. The zero-order valence-electron chi connectivity index (χ0n) is 11.0. The number of nitrogens with zero attached hydrogens (tertiary/aromatic N) is 1. The lowest BCUT2D eigenvalue weighted by molar-refractivity contribution is 0.0914. The number of aromatic nitrogens is 2. The molecule has 0 radical (unpaired) electrons. The van der Waals surface area contributed by atoms with Gasteiger partial charge in [-0.05, 0) is 19.3 Å². The van der Waals surface area contributed by atoms with Crippen molar-refractivity contribution in [2.75, 3.05) is 13.1 Å². The maximum absolute atomic E-state index is 11.9. The smallest absolute Gasteiger partial charge is 0.272 e. The molecule has 0 aliphatic rings. The van der Waals surface area contributed by atoms with Crippen molar-refractivity contribution in [2.45, 2.75) is 27.2 Å². The summed E-state index contributed by atoms with van der Waals surface area (Å²) in [6, 6.07) is 0. The van der Waals surface area contributed by atoms with E-state index in [0.29, 0.717) is 19.0 Å². The molecule has 1 heterocycles. The fourth-order valence-corrected chi connectivity index (χ4v) is 1.45. The van der Waals surface area contributed by atoms with Crippen LogP contribution >= 0.6 is 0 Å². The Morgan fingerprint density at radius 1 is 1.33 bits per heavy atom. The molecule has 6 nitrogen and oxygen atoms in total. The molecule has 2 amide bonds. The maximum atomic E-state index is 11.9. The van der Waals surface area contributed by atoms with Crippen LogP contribution in [0, 0.1) is 5.92 Å². The summed E-state index contributed by atoms with van der Waals surface area (Å²) in [7, 11) is 0. The van der Waals surface area contributed by atoms with Crippen molar-refractivity contribution < 1.29 is 9.59 Å². The largest absolute Gasteiger partial charge is 0.351 e. The summed E-state index contributed by atoms with van der Waals surface area (Å²) in [5.41, 5.74) is 0.351. The minimum Gasteiger partial charge on any atom is -0.351 e. The summed E-state index contributed by atoms with van der Waals surface area (Å²) in [5.74, 6) is -0.114. The predicted octanol–water partition coefficient (Wildman–Crippen LogP) is 0.935. The van der Waals surface area contributed by atoms with Gasteiger partial charge < -0.3 is 15.6 Å². The van der Waals surface area contributed by atoms with Crippen molar-refractivity contribution in [3.63, 3.8) is 0 Å². The Hall–Kier alpha value is -1.85. The molecule has 0 fully saturated rings. The topological polar surface area (TPSA) is 86.9 Å². The van der Waals surface area contributed by atoms with Crippen LogP contribution in [0.15, 0.2) is 6.33 Å². The third kappa shape index (κ3) is 3.87. The van der Waals surface area contributed by atoms with Gasteiger partial charge in [0.05, 0.1) is 6.33 Å². The number of H-pyrrole nitrogens is 1. The zero-order valence-corrected chi connectivity index (χ0v) is 11.0. The molecule has 0 aliphatic carbocycles. The molecule has 1 rings (SSSR count). The number of rotatable bonds is 6. The molecule has 0 atom stereocenters. The fourth-order valence-electron chi connectivity index (χ4n) is 1.45. The monoisotopic (exact) mass is 252 g/mol. The Morgan fingerprint density at radius 3 is 2.67 bits per heavy atom. The highest BCUT2D eigenvalue weighted by Crippen LogP contribution is 2.03. The lowest BCUT2D eigenvalue weighted by atomic mass is 10.1. The first kappa shape index (κ1) is 14.2. The number of aromatic amines is 1. The zero-order chi connectivity index (χ0) is 13.5. The minimum absolute atomic E-state index is 0.138. The van der Waals surface area contributed by atoms with Crippen LogP contribution in [0.4, 0.5) is 0 Å². The third-order valence-electron chi connectivity index (χ3n) is 2.43. The predicted molar refractivity (Wildman–Crippen MR) is 68.4 cm³/mol. The summed E-state index contributed by atoms with van der Waals surface area (Å²) < 4.78 is 0. The van der Waals surface area contributed by atoms with Crippen molar-refractivity contribution in [3.05, 3.63) is 17.7 Å². The molecule has 0 unspecified atom stereocenters. The van der Waals surface area contributed by atoms with Crippen LogP contribution in [0.3, 0.4) is 0 Å². The van der Waals surface area contributed by atoms with E-state index in [1.165, 1.54) is 6.33 Å². The van der Waals surface area contributed by atoms with E-state index >= 15 is 0 Å². The summed E-state index contributed by atoms with van der Waals surface area (Å²) in [6.07, 6.45) is 2.25. The van der Waals surface area contributed by atoms with Gasteiger partial charge in [-0.2, -0.15) is 0 Å². The van der Waals surface area contributed by atoms with Gasteiger partial charge in [0.1, 0.15) is 5.69 Å². The number of carbonyl (C=O) groups is 2. The molecule has 1 aromatic rings. The van der Waals surface area contributed by atoms with Crippen LogP contribution in [-0.4, -0.2) is 34.9 Å². The van der Waals surface area contributed by atoms with E-state index in [-0.39, 0.29) is 23.2 Å². The van der Waals surface area contributed by atoms with E-state index in [0.717, 1.165) is 6.42 Å². The Morgan fingerprint density at radius 2 is 2.06 bits per heavy atom. The van der Waals surface area contributed by atoms with E-state index in [2.05, 4.69) is 34.4 Å². The van der Waals surface area contributed by atoms with E-state index in [1.807, 2.05) is 6.92 Å². The van der Waals surface area contributed by atoms with Crippen molar-refractivity contribution in [1.82, 2.24) is 20.6 Å². The average molecular weight is 252 g/mol. The van der Waals surface area contributed by atoms with Crippen molar-refractivity contribution in [3.8, 4) is 0 Å². The average Bonchev–Trinajstić information content (AvgIpc) is 2.77. The van der Waals surface area contributed by atoms with Crippen LogP contribution in [0.25, 0.3) is 0 Å². The van der Waals surface area contributed by atoms with Crippen LogP contribution in [0.1, 0.15) is 48.2 Å². The van der Waals surface area contributed by atoms with Crippen LogP contribution < -0.4 is 10.6 Å². The second-order valence-electron chi connectivity index (χ2n) is 4.42. The summed E-state index contributed by atoms with van der Waals surface area (Å²) in [5, 5.41) is 5.38. The first-order valence-electron chi connectivity index (χ1n) is 6.16. The van der Waals surface area contributed by atoms with Crippen molar-refractivity contribution >= 4 is 11.8 Å². The molecule has 18 heavy (non-hydrogen) atoms. The molecule has 0 saturated heterocycles.